The molecule has 20 heavy (non-hydrogen) atoms. The fraction of sp³-hybridized carbons (Fsp3) is 0.154. The van der Waals surface area contributed by atoms with Crippen LogP contribution in [0.2, 0.25) is 0 Å². The third-order valence-corrected chi connectivity index (χ3v) is 3.66. The molecule has 0 aliphatic rings. The van der Waals surface area contributed by atoms with Crippen LogP contribution in [0, 0.1) is 11.7 Å². The Morgan fingerprint density at radius 1 is 1.40 bits per heavy atom. The highest BCUT2D eigenvalue weighted by atomic mass is 32.1. The molecule has 7 heteroatoms. The smallest absolute Gasteiger partial charge is 0.340 e. The van der Waals surface area contributed by atoms with E-state index in [1.54, 1.807) is 6.08 Å². The largest absolute Gasteiger partial charge is 0.465 e. The van der Waals surface area contributed by atoms with Gasteiger partial charge in [0, 0.05) is 15.8 Å². The quantitative estimate of drug-likeness (QED) is 0.519. The van der Waals surface area contributed by atoms with Gasteiger partial charge in [0.25, 0.3) is 5.56 Å². The molecule has 0 saturated heterocycles. The average Bonchev–Trinajstić information content (AvgIpc) is 2.79. The third kappa shape index (κ3) is 3.31. The van der Waals surface area contributed by atoms with Gasteiger partial charge in [-0.3, -0.25) is 9.78 Å². The van der Waals surface area contributed by atoms with E-state index in [-0.39, 0.29) is 15.9 Å². The number of hydrogen-bond acceptors (Lipinski definition) is 5. The van der Waals surface area contributed by atoms with Crippen molar-refractivity contribution in [3.8, 4) is 0 Å². The number of aromatic amines is 2. The Kier molecular flexibility index (Phi) is 4.31. The van der Waals surface area contributed by atoms with E-state index in [2.05, 4.69) is 9.97 Å². The van der Waals surface area contributed by atoms with Crippen LogP contribution >= 0.6 is 23.6 Å². The van der Waals surface area contributed by atoms with Gasteiger partial charge in [0.2, 0.25) is 0 Å². The summed E-state index contributed by atoms with van der Waals surface area (Å²) in [6, 6.07) is 5.12. The molecule has 0 fully saturated rings. The Bertz CT molecular complexity index is 755. The van der Waals surface area contributed by atoms with E-state index in [1.807, 2.05) is 19.1 Å². The van der Waals surface area contributed by atoms with Crippen molar-refractivity contribution in [3.63, 3.8) is 0 Å². The van der Waals surface area contributed by atoms with Crippen molar-refractivity contribution in [3.05, 3.63) is 48.8 Å². The topological polar surface area (TPSA) is 75.0 Å². The van der Waals surface area contributed by atoms with Gasteiger partial charge in [-0.2, -0.15) is 0 Å². The highest BCUT2D eigenvalue weighted by Gasteiger charge is 2.14. The lowest BCUT2D eigenvalue weighted by atomic mass is 10.1. The number of aromatic nitrogens is 2. The summed E-state index contributed by atoms with van der Waals surface area (Å²) in [6.45, 7) is 1.97. The van der Waals surface area contributed by atoms with Crippen molar-refractivity contribution in [1.29, 1.82) is 0 Å². The summed E-state index contributed by atoms with van der Waals surface area (Å²) in [5.41, 5.74) is 0.212. The Labute approximate surface area is 123 Å². The van der Waals surface area contributed by atoms with Crippen LogP contribution in [0.1, 0.15) is 15.4 Å². The van der Waals surface area contributed by atoms with Gasteiger partial charge in [-0.15, -0.1) is 11.3 Å². The van der Waals surface area contributed by atoms with Crippen LogP contribution < -0.4 is 5.56 Å². The summed E-state index contributed by atoms with van der Waals surface area (Å²) in [5, 5.41) is 0. The second kappa shape index (κ2) is 5.98. The van der Waals surface area contributed by atoms with Gasteiger partial charge in [0.05, 0.1) is 18.4 Å². The first-order chi connectivity index (χ1) is 9.49. The Morgan fingerprint density at radius 3 is 2.70 bits per heavy atom. The van der Waals surface area contributed by atoms with Gasteiger partial charge < -0.3 is 9.72 Å². The number of hydrogen-bond donors (Lipinski definition) is 2. The highest BCUT2D eigenvalue weighted by molar-refractivity contribution is 7.71. The van der Waals surface area contributed by atoms with Crippen LogP contribution in [0.5, 0.6) is 0 Å². The lowest BCUT2D eigenvalue weighted by Gasteiger charge is -2.05. The number of carbonyl (C=O) groups is 1. The summed E-state index contributed by atoms with van der Waals surface area (Å²) in [6.07, 6.45) is 1.67. The number of nitrogens with one attached hydrogen (secondary N) is 2. The van der Waals surface area contributed by atoms with Crippen LogP contribution in [0.3, 0.4) is 0 Å². The first kappa shape index (κ1) is 14.4. The number of aryl methyl sites for hydroxylation is 1. The summed E-state index contributed by atoms with van der Waals surface area (Å²) in [4.78, 5) is 30.6. The Morgan fingerprint density at radius 2 is 2.15 bits per heavy atom. The molecular weight excluding hydrogens is 296 g/mol. The minimum absolute atomic E-state index is 0.157. The summed E-state index contributed by atoms with van der Waals surface area (Å²) in [5.74, 6) is -0.535. The Balaban J connectivity index is 2.58. The van der Waals surface area contributed by atoms with E-state index in [0.29, 0.717) is 5.69 Å². The van der Waals surface area contributed by atoms with Crippen LogP contribution in [0.15, 0.2) is 23.0 Å². The van der Waals surface area contributed by atoms with E-state index in [0.717, 1.165) is 9.75 Å². The zero-order valence-electron chi connectivity index (χ0n) is 10.9. The van der Waals surface area contributed by atoms with Gasteiger partial charge >= 0.3 is 5.97 Å². The van der Waals surface area contributed by atoms with Gasteiger partial charge in [0.1, 0.15) is 0 Å². The number of esters is 1. The van der Waals surface area contributed by atoms with E-state index in [9.17, 15) is 9.59 Å². The molecule has 0 aliphatic heterocycles. The first-order valence-electron chi connectivity index (χ1n) is 5.70. The third-order valence-electron chi connectivity index (χ3n) is 2.50. The van der Waals surface area contributed by atoms with E-state index < -0.39 is 5.97 Å². The molecule has 0 aliphatic carbocycles. The van der Waals surface area contributed by atoms with Crippen molar-refractivity contribution in [1.82, 2.24) is 9.97 Å². The minimum atomic E-state index is -0.535. The summed E-state index contributed by atoms with van der Waals surface area (Å²) < 4.78 is 4.91. The molecule has 0 atom stereocenters. The number of carbonyl (C=O) groups excluding carboxylic acids is 1. The molecule has 2 aromatic heterocycles. The van der Waals surface area contributed by atoms with Crippen molar-refractivity contribution in [2.75, 3.05) is 7.11 Å². The maximum atomic E-state index is 11.9. The molecule has 2 rings (SSSR count). The minimum Gasteiger partial charge on any atom is -0.465 e. The number of H-pyrrole nitrogens is 2. The molecule has 0 unspecified atom stereocenters. The first-order valence-corrected chi connectivity index (χ1v) is 6.92. The molecule has 0 spiro atoms. The fourth-order valence-corrected chi connectivity index (χ4v) is 2.67. The zero-order valence-corrected chi connectivity index (χ0v) is 12.5. The maximum Gasteiger partial charge on any atom is 0.340 e. The van der Waals surface area contributed by atoms with Crippen molar-refractivity contribution < 1.29 is 9.53 Å². The molecule has 104 valence electrons. The van der Waals surface area contributed by atoms with Gasteiger partial charge in [-0.05, 0) is 37.4 Å². The summed E-state index contributed by atoms with van der Waals surface area (Å²) >= 11 is 6.45. The second-order valence-electron chi connectivity index (χ2n) is 4.00. The van der Waals surface area contributed by atoms with Crippen LogP contribution in [-0.2, 0) is 9.53 Å². The molecular formula is C13H12N2O3S2. The highest BCUT2D eigenvalue weighted by Crippen LogP contribution is 2.22. The van der Waals surface area contributed by atoms with Gasteiger partial charge in [-0.25, -0.2) is 4.79 Å². The molecule has 0 aromatic carbocycles. The molecule has 0 saturated carbocycles. The fourth-order valence-electron chi connectivity index (χ4n) is 1.64. The lowest BCUT2D eigenvalue weighted by Crippen LogP contribution is -2.12. The lowest BCUT2D eigenvalue weighted by molar-refractivity contribution is -0.133. The normalized spacial score (nSPS) is 11.4. The SMILES string of the molecule is COC(=O)/C(=C\c1ccc(C)s1)c1cc(=O)[nH]c(=S)[nH]1. The van der Waals surface area contributed by atoms with E-state index in [4.69, 9.17) is 17.0 Å². The number of methoxy groups -OCH3 is 1. The van der Waals surface area contributed by atoms with E-state index >= 15 is 0 Å². The predicted octanol–water partition coefficient (Wildman–Crippen LogP) is 2.52. The Hall–Kier alpha value is -1.99. The average molecular weight is 308 g/mol. The van der Waals surface area contributed by atoms with Crippen molar-refractivity contribution >= 4 is 41.2 Å². The molecule has 0 bridgehead atoms. The molecule has 0 amide bonds. The molecule has 2 heterocycles. The van der Waals surface area contributed by atoms with Gasteiger partial charge in [-0.1, -0.05) is 0 Å². The second-order valence-corrected chi connectivity index (χ2v) is 5.73. The molecule has 2 N–H and O–H groups in total. The maximum absolute atomic E-state index is 11.9. The van der Waals surface area contributed by atoms with Crippen LogP contribution in [-0.4, -0.2) is 23.0 Å². The molecule has 5 nitrogen and oxygen atoms in total. The standard InChI is InChI=1S/C13H12N2O3S2/c1-7-3-4-8(20-7)5-9(12(17)18-2)10-6-11(16)15-13(19)14-10/h3-6H,1-2H3,(H2,14,15,16,19)/b9-5-. The van der Waals surface area contributed by atoms with Gasteiger partial charge in [0.15, 0.2) is 4.77 Å². The molecule has 0 radical (unpaired) electrons. The number of ether oxygens (including phenoxy) is 1. The van der Waals surface area contributed by atoms with Crippen LogP contribution in [0.25, 0.3) is 11.6 Å². The van der Waals surface area contributed by atoms with Crippen molar-refractivity contribution in [2.24, 2.45) is 0 Å². The van der Waals surface area contributed by atoms with Crippen LogP contribution in [0.4, 0.5) is 0 Å². The predicted molar refractivity (Wildman–Crippen MR) is 81.2 cm³/mol. The van der Waals surface area contributed by atoms with E-state index in [1.165, 1.54) is 24.5 Å². The monoisotopic (exact) mass is 308 g/mol. The molecule has 2 aromatic rings. The summed E-state index contributed by atoms with van der Waals surface area (Å²) in [7, 11) is 1.29. The zero-order chi connectivity index (χ0) is 14.7. The number of thiophene rings is 1. The van der Waals surface area contributed by atoms with Crippen molar-refractivity contribution in [2.45, 2.75) is 6.92 Å². The number of rotatable bonds is 3.